The van der Waals surface area contributed by atoms with Gasteiger partial charge in [-0.15, -0.1) is 0 Å². The highest BCUT2D eigenvalue weighted by molar-refractivity contribution is 5.96. The Hall–Kier alpha value is -3.71. The molecular weight excluding hydrogens is 462 g/mol. The number of aryl methyl sites for hydroxylation is 1. The third-order valence-electron chi connectivity index (χ3n) is 7.17. The number of aromatic nitrogens is 3. The third-order valence-corrected chi connectivity index (χ3v) is 7.17. The van der Waals surface area contributed by atoms with Crippen molar-refractivity contribution in [3.8, 4) is 17.0 Å². The molecule has 1 aliphatic rings. The van der Waals surface area contributed by atoms with Gasteiger partial charge in [0.1, 0.15) is 12.4 Å². The van der Waals surface area contributed by atoms with E-state index in [-0.39, 0.29) is 11.9 Å². The van der Waals surface area contributed by atoms with E-state index in [0.29, 0.717) is 24.0 Å². The van der Waals surface area contributed by atoms with E-state index in [2.05, 4.69) is 38.3 Å². The van der Waals surface area contributed by atoms with Gasteiger partial charge in [-0.1, -0.05) is 24.3 Å². The van der Waals surface area contributed by atoms with Crippen LogP contribution < -0.4 is 10.1 Å². The average molecular weight is 498 g/mol. The number of para-hydroxylation sites is 1. The summed E-state index contributed by atoms with van der Waals surface area (Å²) < 4.78 is 7.93. The predicted octanol–water partition coefficient (Wildman–Crippen LogP) is 5.56. The second-order valence-electron chi connectivity index (χ2n) is 10.2. The maximum atomic E-state index is 13.4. The summed E-state index contributed by atoms with van der Waals surface area (Å²) in [5.74, 6) is 0.577. The standard InChI is InChI=1S/C30H35N5O2/c1-20-12-13-24(37-15-14-34(3)4)16-26(20)30(36)32-21(2)27-17-29(33-28-11-6-5-10-25(27)28)22-18-31-35(19-22)23-8-7-9-23/h5-6,10-13,16-19,21,23H,7-9,14-15H2,1-4H3,(H,32,36)/t21-/m1/s1. The normalized spacial score (nSPS) is 14.5. The summed E-state index contributed by atoms with van der Waals surface area (Å²) >= 11 is 0. The summed E-state index contributed by atoms with van der Waals surface area (Å²) in [6.45, 7) is 5.34. The number of pyridine rings is 1. The number of carbonyl (C=O) groups excluding carboxylic acids is 1. The van der Waals surface area contributed by atoms with Crippen LogP contribution in [0.15, 0.2) is 60.9 Å². The average Bonchev–Trinajstić information content (AvgIpc) is 3.32. The number of hydrogen-bond acceptors (Lipinski definition) is 5. The van der Waals surface area contributed by atoms with E-state index in [1.165, 1.54) is 19.3 Å². The smallest absolute Gasteiger partial charge is 0.252 e. The largest absolute Gasteiger partial charge is 0.492 e. The van der Waals surface area contributed by atoms with Gasteiger partial charge in [-0.2, -0.15) is 5.10 Å². The van der Waals surface area contributed by atoms with Crippen molar-refractivity contribution in [1.82, 2.24) is 25.0 Å². The molecule has 2 aromatic heterocycles. The van der Waals surface area contributed by atoms with Gasteiger partial charge in [0.15, 0.2) is 0 Å². The molecule has 7 nitrogen and oxygen atoms in total. The Bertz CT molecular complexity index is 1410. The van der Waals surface area contributed by atoms with Gasteiger partial charge in [0.05, 0.1) is 29.5 Å². The molecule has 7 heteroatoms. The molecule has 0 radical (unpaired) electrons. The van der Waals surface area contributed by atoms with Crippen LogP contribution in [0, 0.1) is 6.92 Å². The summed E-state index contributed by atoms with van der Waals surface area (Å²) in [5, 5.41) is 8.84. The summed E-state index contributed by atoms with van der Waals surface area (Å²) in [6.07, 6.45) is 7.62. The Morgan fingerprint density at radius 2 is 2.00 bits per heavy atom. The second kappa shape index (κ2) is 10.7. The topological polar surface area (TPSA) is 72.3 Å². The number of nitrogens with one attached hydrogen (secondary N) is 1. The summed E-state index contributed by atoms with van der Waals surface area (Å²) in [5.41, 5.74) is 5.33. The Morgan fingerprint density at radius 1 is 1.19 bits per heavy atom. The van der Waals surface area contributed by atoms with E-state index in [4.69, 9.17) is 9.72 Å². The van der Waals surface area contributed by atoms with Crippen LogP contribution in [0.25, 0.3) is 22.2 Å². The van der Waals surface area contributed by atoms with Gasteiger partial charge in [-0.05, 0) is 82.6 Å². The van der Waals surface area contributed by atoms with E-state index in [0.717, 1.165) is 39.8 Å². The molecule has 1 N–H and O–H groups in total. The van der Waals surface area contributed by atoms with Crippen molar-refractivity contribution in [2.45, 2.75) is 45.2 Å². The van der Waals surface area contributed by atoms with Gasteiger partial charge in [0, 0.05) is 29.3 Å². The predicted molar refractivity (Wildman–Crippen MR) is 147 cm³/mol. The van der Waals surface area contributed by atoms with E-state index < -0.39 is 0 Å². The number of benzene rings is 2. The minimum atomic E-state index is -0.224. The fourth-order valence-corrected chi connectivity index (χ4v) is 4.66. The summed E-state index contributed by atoms with van der Waals surface area (Å²) in [4.78, 5) is 20.4. The highest BCUT2D eigenvalue weighted by Gasteiger charge is 2.22. The van der Waals surface area contributed by atoms with Crippen molar-refractivity contribution in [1.29, 1.82) is 0 Å². The minimum absolute atomic E-state index is 0.122. The van der Waals surface area contributed by atoms with Gasteiger partial charge in [-0.3, -0.25) is 9.48 Å². The maximum Gasteiger partial charge on any atom is 0.252 e. The fraction of sp³-hybridized carbons (Fsp3) is 0.367. The summed E-state index contributed by atoms with van der Waals surface area (Å²) in [6, 6.07) is 16.1. The first-order valence-corrected chi connectivity index (χ1v) is 13.0. The molecule has 0 saturated heterocycles. The van der Waals surface area contributed by atoms with Gasteiger partial charge in [0.25, 0.3) is 5.91 Å². The first-order chi connectivity index (χ1) is 17.9. The van der Waals surface area contributed by atoms with Crippen molar-refractivity contribution in [3.05, 3.63) is 77.6 Å². The number of hydrogen-bond donors (Lipinski definition) is 1. The lowest BCUT2D eigenvalue weighted by Crippen LogP contribution is -2.27. The van der Waals surface area contributed by atoms with E-state index in [1.807, 2.05) is 70.5 Å². The van der Waals surface area contributed by atoms with Crippen LogP contribution in [-0.4, -0.2) is 52.8 Å². The zero-order valence-corrected chi connectivity index (χ0v) is 22.1. The van der Waals surface area contributed by atoms with E-state index in [1.54, 1.807) is 0 Å². The van der Waals surface area contributed by atoms with Crippen LogP contribution in [0.4, 0.5) is 0 Å². The molecule has 37 heavy (non-hydrogen) atoms. The van der Waals surface area contributed by atoms with Crippen molar-refractivity contribution in [2.75, 3.05) is 27.2 Å². The van der Waals surface area contributed by atoms with E-state index in [9.17, 15) is 4.79 Å². The van der Waals surface area contributed by atoms with Gasteiger partial charge >= 0.3 is 0 Å². The maximum absolute atomic E-state index is 13.4. The fourth-order valence-electron chi connectivity index (χ4n) is 4.66. The molecule has 4 aromatic rings. The molecular formula is C30H35N5O2. The van der Waals surface area contributed by atoms with Gasteiger partial charge in [-0.25, -0.2) is 4.98 Å². The molecule has 0 aliphatic heterocycles. The highest BCUT2D eigenvalue weighted by Crippen LogP contribution is 2.33. The Labute approximate surface area is 218 Å². The molecule has 1 amide bonds. The van der Waals surface area contributed by atoms with Crippen molar-refractivity contribution in [2.24, 2.45) is 0 Å². The monoisotopic (exact) mass is 497 g/mol. The van der Waals surface area contributed by atoms with Crippen molar-refractivity contribution in [3.63, 3.8) is 0 Å². The minimum Gasteiger partial charge on any atom is -0.492 e. The number of likely N-dealkylation sites (N-methyl/N-ethyl adjacent to an activating group) is 1. The van der Waals surface area contributed by atoms with Crippen molar-refractivity contribution >= 4 is 16.8 Å². The van der Waals surface area contributed by atoms with Crippen LogP contribution in [-0.2, 0) is 0 Å². The van der Waals surface area contributed by atoms with Crippen LogP contribution in [0.1, 0.15) is 59.8 Å². The zero-order chi connectivity index (χ0) is 25.9. The quantitative estimate of drug-likeness (QED) is 0.328. The number of nitrogens with zero attached hydrogens (tertiary/aromatic N) is 4. The molecule has 0 unspecified atom stereocenters. The molecule has 1 saturated carbocycles. The lowest BCUT2D eigenvalue weighted by Gasteiger charge is -2.25. The third kappa shape index (κ3) is 5.52. The molecule has 1 aliphatic carbocycles. The number of ether oxygens (including phenoxy) is 1. The van der Waals surface area contributed by atoms with Gasteiger partial charge < -0.3 is 15.0 Å². The Balaban J connectivity index is 1.40. The van der Waals surface area contributed by atoms with E-state index >= 15 is 0 Å². The highest BCUT2D eigenvalue weighted by atomic mass is 16.5. The number of carbonyl (C=O) groups is 1. The number of fused-ring (bicyclic) bond motifs is 1. The second-order valence-corrected chi connectivity index (χ2v) is 10.2. The van der Waals surface area contributed by atoms with Crippen LogP contribution in [0.5, 0.6) is 5.75 Å². The lowest BCUT2D eigenvalue weighted by atomic mass is 9.93. The van der Waals surface area contributed by atoms with Crippen molar-refractivity contribution < 1.29 is 9.53 Å². The van der Waals surface area contributed by atoms with Crippen LogP contribution >= 0.6 is 0 Å². The molecule has 5 rings (SSSR count). The number of amides is 1. The molecule has 0 spiro atoms. The van der Waals surface area contributed by atoms with Crippen LogP contribution in [0.3, 0.4) is 0 Å². The first-order valence-electron chi connectivity index (χ1n) is 13.0. The Morgan fingerprint density at radius 3 is 2.76 bits per heavy atom. The zero-order valence-electron chi connectivity index (χ0n) is 22.1. The molecule has 1 fully saturated rings. The number of rotatable bonds is 9. The molecule has 2 heterocycles. The SMILES string of the molecule is Cc1ccc(OCCN(C)C)cc1C(=O)N[C@H](C)c1cc(-c2cnn(C3CCC3)c2)nc2ccccc12. The molecule has 192 valence electrons. The lowest BCUT2D eigenvalue weighted by molar-refractivity contribution is 0.0939. The first kappa shape index (κ1) is 25.0. The van der Waals surface area contributed by atoms with Gasteiger partial charge in [0.2, 0.25) is 0 Å². The summed E-state index contributed by atoms with van der Waals surface area (Å²) in [7, 11) is 4.01. The molecule has 2 aromatic carbocycles. The van der Waals surface area contributed by atoms with Crippen LogP contribution in [0.2, 0.25) is 0 Å². The molecule has 0 bridgehead atoms. The Kier molecular flexibility index (Phi) is 7.24. The molecule has 1 atom stereocenters.